The first-order valence-electron chi connectivity index (χ1n) is 6.98. The summed E-state index contributed by atoms with van der Waals surface area (Å²) in [6.45, 7) is 4.61. The van der Waals surface area contributed by atoms with Crippen LogP contribution in [-0.4, -0.2) is 73.5 Å². The lowest BCUT2D eigenvalue weighted by Gasteiger charge is -2.39. The summed E-state index contributed by atoms with van der Waals surface area (Å²) in [5.74, 6) is 0.166. The van der Waals surface area contributed by atoms with E-state index in [2.05, 4.69) is 28.3 Å². The molecule has 0 bridgehead atoms. The van der Waals surface area contributed by atoms with Crippen LogP contribution in [0.5, 0.6) is 0 Å². The zero-order valence-corrected chi connectivity index (χ0v) is 13.1. The third-order valence-corrected chi connectivity index (χ3v) is 4.58. The van der Waals surface area contributed by atoms with E-state index in [-0.39, 0.29) is 11.9 Å². The second-order valence-corrected chi connectivity index (χ2v) is 6.28. The van der Waals surface area contributed by atoms with Crippen molar-refractivity contribution in [1.29, 1.82) is 0 Å². The smallest absolute Gasteiger partial charge is 0.236 e. The van der Waals surface area contributed by atoms with Crippen LogP contribution >= 0.6 is 11.3 Å². The molecule has 1 aromatic rings. The van der Waals surface area contributed by atoms with Gasteiger partial charge in [-0.2, -0.15) is 11.3 Å². The van der Waals surface area contributed by atoms with Crippen LogP contribution in [0, 0.1) is 0 Å². The largest absolute Gasteiger partial charge is 0.340 e. The number of carbonyl (C=O) groups excluding carboxylic acids is 1. The van der Waals surface area contributed by atoms with Crippen LogP contribution in [0.25, 0.3) is 0 Å². The van der Waals surface area contributed by atoms with E-state index in [0.29, 0.717) is 19.6 Å². The fourth-order valence-corrected chi connectivity index (χ4v) is 3.18. The monoisotopic (exact) mass is 296 g/mol. The first-order chi connectivity index (χ1) is 9.60. The van der Waals surface area contributed by atoms with E-state index in [1.54, 1.807) is 16.2 Å². The van der Waals surface area contributed by atoms with Crippen molar-refractivity contribution in [3.63, 3.8) is 0 Å². The number of thiophene rings is 1. The fourth-order valence-electron chi connectivity index (χ4n) is 2.52. The normalized spacial score (nSPS) is 21.1. The third-order valence-electron chi connectivity index (χ3n) is 3.84. The number of rotatable bonds is 5. The van der Waals surface area contributed by atoms with E-state index in [1.165, 1.54) is 5.56 Å². The molecule has 0 saturated carbocycles. The van der Waals surface area contributed by atoms with Crippen LogP contribution in [-0.2, 0) is 11.3 Å². The second kappa shape index (κ2) is 7.17. The maximum atomic E-state index is 12.3. The Morgan fingerprint density at radius 2 is 2.35 bits per heavy atom. The maximum absolute atomic E-state index is 12.3. The van der Waals surface area contributed by atoms with Crippen LogP contribution < -0.4 is 5.73 Å². The summed E-state index contributed by atoms with van der Waals surface area (Å²) in [6.07, 6.45) is 0. The Hall–Kier alpha value is -0.950. The van der Waals surface area contributed by atoms with Gasteiger partial charge in [0.05, 0.1) is 6.54 Å². The van der Waals surface area contributed by atoms with Crippen molar-refractivity contribution in [2.45, 2.75) is 12.6 Å². The van der Waals surface area contributed by atoms with Crippen LogP contribution in [0.2, 0.25) is 0 Å². The first-order valence-corrected chi connectivity index (χ1v) is 7.92. The van der Waals surface area contributed by atoms with Gasteiger partial charge in [-0.25, -0.2) is 0 Å². The molecule has 5 nitrogen and oxygen atoms in total. The van der Waals surface area contributed by atoms with E-state index in [1.807, 2.05) is 12.4 Å². The lowest BCUT2D eigenvalue weighted by molar-refractivity contribution is -0.132. The van der Waals surface area contributed by atoms with E-state index in [0.717, 1.165) is 19.6 Å². The summed E-state index contributed by atoms with van der Waals surface area (Å²) in [7, 11) is 3.97. The number of likely N-dealkylation sites (N-methyl/N-ethyl adjacent to an activating group) is 2. The molecule has 112 valence electrons. The summed E-state index contributed by atoms with van der Waals surface area (Å²) >= 11 is 1.66. The molecule has 0 aliphatic carbocycles. The Balaban J connectivity index is 1.86. The van der Waals surface area contributed by atoms with E-state index in [9.17, 15) is 4.79 Å². The van der Waals surface area contributed by atoms with Crippen molar-refractivity contribution >= 4 is 17.2 Å². The number of hydrogen-bond donors (Lipinski definition) is 1. The van der Waals surface area contributed by atoms with Gasteiger partial charge in [-0.1, -0.05) is 0 Å². The molecule has 2 heterocycles. The number of piperazine rings is 1. The van der Waals surface area contributed by atoms with Crippen molar-refractivity contribution in [3.05, 3.63) is 22.4 Å². The van der Waals surface area contributed by atoms with E-state index in [4.69, 9.17) is 5.73 Å². The Kier molecular flexibility index (Phi) is 5.54. The lowest BCUT2D eigenvalue weighted by Crippen LogP contribution is -2.56. The first kappa shape index (κ1) is 15.4. The van der Waals surface area contributed by atoms with Gasteiger partial charge < -0.3 is 15.5 Å². The predicted molar refractivity (Wildman–Crippen MR) is 82.7 cm³/mol. The summed E-state index contributed by atoms with van der Waals surface area (Å²) in [5, 5.41) is 4.13. The van der Waals surface area contributed by atoms with Crippen molar-refractivity contribution < 1.29 is 4.79 Å². The average Bonchev–Trinajstić information content (AvgIpc) is 2.93. The molecular weight excluding hydrogens is 272 g/mol. The van der Waals surface area contributed by atoms with Gasteiger partial charge in [-0.15, -0.1) is 0 Å². The van der Waals surface area contributed by atoms with Gasteiger partial charge in [0.25, 0.3) is 0 Å². The minimum absolute atomic E-state index is 0.166. The molecule has 20 heavy (non-hydrogen) atoms. The minimum Gasteiger partial charge on any atom is -0.340 e. The molecule has 1 aliphatic heterocycles. The molecule has 0 radical (unpaired) electrons. The third kappa shape index (κ3) is 4.02. The van der Waals surface area contributed by atoms with Crippen molar-refractivity contribution in [3.8, 4) is 0 Å². The predicted octanol–water partition coefficient (Wildman–Crippen LogP) is 0.281. The molecule has 0 spiro atoms. The summed E-state index contributed by atoms with van der Waals surface area (Å²) in [6, 6.07) is 2.35. The highest BCUT2D eigenvalue weighted by atomic mass is 32.1. The van der Waals surface area contributed by atoms with Crippen LogP contribution in [0.15, 0.2) is 16.8 Å². The summed E-state index contributed by atoms with van der Waals surface area (Å²) in [5.41, 5.74) is 7.02. The molecule has 1 atom stereocenters. The highest BCUT2D eigenvalue weighted by Crippen LogP contribution is 2.11. The van der Waals surface area contributed by atoms with Crippen LogP contribution in [0.1, 0.15) is 5.56 Å². The molecule has 1 aliphatic rings. The second-order valence-electron chi connectivity index (χ2n) is 5.50. The summed E-state index contributed by atoms with van der Waals surface area (Å²) in [4.78, 5) is 18.6. The topological polar surface area (TPSA) is 52.8 Å². The highest BCUT2D eigenvalue weighted by Gasteiger charge is 2.26. The van der Waals surface area contributed by atoms with Gasteiger partial charge in [-0.05, 0) is 29.4 Å². The standard InChI is InChI=1S/C14H24N4OS/c1-16-4-5-18(13(7-15)9-16)10-14(19)17(2)8-12-3-6-20-11-12/h3,6,11,13H,4-5,7-10,15H2,1-2H3. The number of amides is 1. The number of nitrogens with two attached hydrogens (primary N) is 1. The van der Waals surface area contributed by atoms with Crippen LogP contribution in [0.3, 0.4) is 0 Å². The van der Waals surface area contributed by atoms with Crippen molar-refractivity contribution in [2.75, 3.05) is 46.8 Å². The van der Waals surface area contributed by atoms with Crippen molar-refractivity contribution in [1.82, 2.24) is 14.7 Å². The van der Waals surface area contributed by atoms with Gasteiger partial charge in [0.1, 0.15) is 0 Å². The highest BCUT2D eigenvalue weighted by molar-refractivity contribution is 7.07. The number of carbonyl (C=O) groups is 1. The van der Waals surface area contributed by atoms with Crippen LogP contribution in [0.4, 0.5) is 0 Å². The van der Waals surface area contributed by atoms with E-state index < -0.39 is 0 Å². The molecule has 0 aromatic carbocycles. The van der Waals surface area contributed by atoms with Crippen molar-refractivity contribution in [2.24, 2.45) is 5.73 Å². The molecule has 2 rings (SSSR count). The van der Waals surface area contributed by atoms with Gasteiger partial charge in [0, 0.05) is 45.8 Å². The van der Waals surface area contributed by atoms with E-state index >= 15 is 0 Å². The van der Waals surface area contributed by atoms with Gasteiger partial charge in [0.2, 0.25) is 5.91 Å². The number of hydrogen-bond acceptors (Lipinski definition) is 5. The molecule has 1 aromatic heterocycles. The molecule has 1 fully saturated rings. The maximum Gasteiger partial charge on any atom is 0.236 e. The minimum atomic E-state index is 0.166. The van der Waals surface area contributed by atoms with Gasteiger partial charge in [0.15, 0.2) is 0 Å². The number of nitrogens with zero attached hydrogens (tertiary/aromatic N) is 3. The molecular formula is C14H24N4OS. The van der Waals surface area contributed by atoms with Gasteiger partial charge >= 0.3 is 0 Å². The Morgan fingerprint density at radius 3 is 3.00 bits per heavy atom. The zero-order valence-electron chi connectivity index (χ0n) is 12.3. The average molecular weight is 296 g/mol. The molecule has 1 unspecified atom stereocenters. The lowest BCUT2D eigenvalue weighted by atomic mass is 10.1. The SMILES string of the molecule is CN1CCN(CC(=O)N(C)Cc2ccsc2)C(CN)C1. The Bertz CT molecular complexity index is 423. The Labute approximate surface area is 124 Å². The molecule has 2 N–H and O–H groups in total. The van der Waals surface area contributed by atoms with Gasteiger partial charge in [-0.3, -0.25) is 9.69 Å². The fraction of sp³-hybridized carbons (Fsp3) is 0.643. The quantitative estimate of drug-likeness (QED) is 0.848. The summed E-state index contributed by atoms with van der Waals surface area (Å²) < 4.78 is 0. The molecule has 6 heteroatoms. The zero-order chi connectivity index (χ0) is 14.5. The molecule has 1 saturated heterocycles. The Morgan fingerprint density at radius 1 is 1.55 bits per heavy atom. The molecule has 1 amide bonds.